The molecular weight excluding hydrogens is 390 g/mol. The van der Waals surface area contributed by atoms with Crippen molar-refractivity contribution in [3.8, 4) is 0 Å². The predicted octanol–water partition coefficient (Wildman–Crippen LogP) is 1.30. The van der Waals surface area contributed by atoms with Crippen molar-refractivity contribution in [1.82, 2.24) is 29.4 Å². The highest BCUT2D eigenvalue weighted by Gasteiger charge is 2.25. The lowest BCUT2D eigenvalue weighted by molar-refractivity contribution is -0.132. The average Bonchev–Trinajstić information content (AvgIpc) is 3.37. The molecule has 1 saturated heterocycles. The van der Waals surface area contributed by atoms with Crippen LogP contribution in [0.15, 0.2) is 17.5 Å². The number of carbonyl (C=O) groups is 2. The van der Waals surface area contributed by atoms with E-state index in [2.05, 4.69) is 15.1 Å². The number of nitrogens with zero attached hydrogens (tertiary/aromatic N) is 6. The Morgan fingerprint density at radius 1 is 1.14 bits per heavy atom. The molecule has 0 unspecified atom stereocenters. The van der Waals surface area contributed by atoms with Gasteiger partial charge in [0, 0.05) is 44.0 Å². The summed E-state index contributed by atoms with van der Waals surface area (Å²) in [7, 11) is 0. The SMILES string of the molecule is Cc1nc2nc(N)nn2c(C)c1CCC(=O)N1CCN(C(=O)c2cccs2)CC1. The zero-order valence-corrected chi connectivity index (χ0v) is 17.3. The van der Waals surface area contributed by atoms with Crippen LogP contribution in [0, 0.1) is 13.8 Å². The topological polar surface area (TPSA) is 110 Å². The minimum atomic E-state index is 0.0461. The van der Waals surface area contributed by atoms with Crippen LogP contribution in [0.1, 0.15) is 33.0 Å². The van der Waals surface area contributed by atoms with Crippen LogP contribution < -0.4 is 5.73 Å². The van der Waals surface area contributed by atoms with E-state index in [1.54, 1.807) is 4.52 Å². The van der Waals surface area contributed by atoms with Gasteiger partial charge in [0.25, 0.3) is 11.7 Å². The number of aryl methyl sites for hydroxylation is 2. The van der Waals surface area contributed by atoms with Crippen LogP contribution >= 0.6 is 11.3 Å². The lowest BCUT2D eigenvalue weighted by atomic mass is 10.1. The molecule has 152 valence electrons. The van der Waals surface area contributed by atoms with E-state index in [0.717, 1.165) is 21.8 Å². The molecule has 0 atom stereocenters. The van der Waals surface area contributed by atoms with Crippen LogP contribution in [0.2, 0.25) is 0 Å². The van der Waals surface area contributed by atoms with E-state index in [0.29, 0.717) is 44.8 Å². The monoisotopic (exact) mass is 413 g/mol. The van der Waals surface area contributed by atoms with Crippen LogP contribution in [0.3, 0.4) is 0 Å². The van der Waals surface area contributed by atoms with Crippen molar-refractivity contribution in [3.63, 3.8) is 0 Å². The average molecular weight is 414 g/mol. The maximum atomic E-state index is 12.7. The largest absolute Gasteiger partial charge is 0.366 e. The maximum absolute atomic E-state index is 12.7. The molecule has 10 heteroatoms. The van der Waals surface area contributed by atoms with Crippen molar-refractivity contribution >= 4 is 34.9 Å². The summed E-state index contributed by atoms with van der Waals surface area (Å²) in [5.41, 5.74) is 8.39. The molecule has 0 saturated carbocycles. The number of anilines is 1. The molecule has 0 spiro atoms. The Morgan fingerprint density at radius 2 is 1.86 bits per heavy atom. The molecule has 3 aromatic rings. The number of thiophene rings is 1. The first kappa shape index (κ1) is 19.3. The van der Waals surface area contributed by atoms with Gasteiger partial charge in [0.15, 0.2) is 0 Å². The van der Waals surface area contributed by atoms with Crippen LogP contribution in [-0.2, 0) is 11.2 Å². The highest BCUT2D eigenvalue weighted by Crippen LogP contribution is 2.18. The summed E-state index contributed by atoms with van der Waals surface area (Å²) in [4.78, 5) is 38.1. The number of nitrogens with two attached hydrogens (primary N) is 1. The first-order valence-electron chi connectivity index (χ1n) is 9.53. The molecule has 3 aromatic heterocycles. The van der Waals surface area contributed by atoms with E-state index in [9.17, 15) is 9.59 Å². The summed E-state index contributed by atoms with van der Waals surface area (Å²) in [5, 5.41) is 6.07. The summed E-state index contributed by atoms with van der Waals surface area (Å²) in [5.74, 6) is 0.789. The van der Waals surface area contributed by atoms with Crippen molar-refractivity contribution in [2.45, 2.75) is 26.7 Å². The molecule has 1 aliphatic heterocycles. The van der Waals surface area contributed by atoms with Crippen molar-refractivity contribution in [1.29, 1.82) is 0 Å². The Hall–Kier alpha value is -3.01. The number of rotatable bonds is 4. The third-order valence-electron chi connectivity index (χ3n) is 5.31. The molecule has 29 heavy (non-hydrogen) atoms. The lowest BCUT2D eigenvalue weighted by Gasteiger charge is -2.34. The molecule has 2 N–H and O–H groups in total. The third kappa shape index (κ3) is 3.80. The lowest BCUT2D eigenvalue weighted by Crippen LogP contribution is -2.50. The highest BCUT2D eigenvalue weighted by atomic mass is 32.1. The number of amides is 2. The summed E-state index contributed by atoms with van der Waals surface area (Å²) < 4.78 is 1.62. The number of carbonyl (C=O) groups excluding carboxylic acids is 2. The number of hydrogen-bond acceptors (Lipinski definition) is 7. The third-order valence-corrected chi connectivity index (χ3v) is 6.16. The van der Waals surface area contributed by atoms with Gasteiger partial charge in [-0.3, -0.25) is 9.59 Å². The quantitative estimate of drug-likeness (QED) is 0.690. The smallest absolute Gasteiger partial charge is 0.264 e. The second kappa shape index (κ2) is 7.78. The fourth-order valence-electron chi connectivity index (χ4n) is 3.69. The fourth-order valence-corrected chi connectivity index (χ4v) is 4.38. The Labute approximate surface area is 172 Å². The number of nitrogen functional groups attached to an aromatic ring is 1. The normalized spacial score (nSPS) is 14.6. The van der Waals surface area contributed by atoms with Gasteiger partial charge in [-0.2, -0.15) is 9.50 Å². The second-order valence-corrected chi connectivity index (χ2v) is 8.04. The summed E-state index contributed by atoms with van der Waals surface area (Å²) >= 11 is 1.45. The van der Waals surface area contributed by atoms with Gasteiger partial charge in [-0.25, -0.2) is 4.98 Å². The fraction of sp³-hybridized carbons (Fsp3) is 0.421. The Morgan fingerprint density at radius 3 is 2.55 bits per heavy atom. The Bertz CT molecular complexity index is 1050. The first-order valence-corrected chi connectivity index (χ1v) is 10.4. The van der Waals surface area contributed by atoms with E-state index in [4.69, 9.17) is 5.73 Å². The minimum absolute atomic E-state index is 0.0461. The molecule has 4 heterocycles. The number of fused-ring (bicyclic) bond motifs is 1. The summed E-state index contributed by atoms with van der Waals surface area (Å²) in [6.45, 7) is 6.09. The highest BCUT2D eigenvalue weighted by molar-refractivity contribution is 7.12. The Kier molecular flexibility index (Phi) is 5.18. The molecular formula is C19H23N7O2S. The van der Waals surface area contributed by atoms with E-state index >= 15 is 0 Å². The predicted molar refractivity (Wildman–Crippen MR) is 110 cm³/mol. The van der Waals surface area contributed by atoms with E-state index < -0.39 is 0 Å². The van der Waals surface area contributed by atoms with Crippen LogP contribution in [0.5, 0.6) is 0 Å². The van der Waals surface area contributed by atoms with E-state index in [1.165, 1.54) is 11.3 Å². The zero-order valence-electron chi connectivity index (χ0n) is 16.5. The molecule has 1 aliphatic rings. The van der Waals surface area contributed by atoms with Crippen molar-refractivity contribution in [3.05, 3.63) is 39.3 Å². The Balaban J connectivity index is 1.36. The van der Waals surface area contributed by atoms with Crippen molar-refractivity contribution < 1.29 is 9.59 Å². The standard InChI is InChI=1S/C19H23N7O2S/c1-12-14(13(2)26-19(21-12)22-18(20)23-26)5-6-16(27)24-7-9-25(10-8-24)17(28)15-4-3-11-29-15/h3-4,11H,5-10H2,1-2H3,(H2,20,23). The van der Waals surface area contributed by atoms with Gasteiger partial charge in [-0.15, -0.1) is 16.4 Å². The maximum Gasteiger partial charge on any atom is 0.264 e. The van der Waals surface area contributed by atoms with Crippen molar-refractivity contribution in [2.75, 3.05) is 31.9 Å². The second-order valence-electron chi connectivity index (χ2n) is 7.09. The molecule has 2 amide bonds. The van der Waals surface area contributed by atoms with E-state index in [-0.39, 0.29) is 17.8 Å². The number of piperazine rings is 1. The van der Waals surface area contributed by atoms with Gasteiger partial charge in [0.05, 0.1) is 4.88 Å². The molecule has 4 rings (SSSR count). The zero-order chi connectivity index (χ0) is 20.5. The molecule has 0 aromatic carbocycles. The molecule has 9 nitrogen and oxygen atoms in total. The molecule has 0 radical (unpaired) electrons. The van der Waals surface area contributed by atoms with Crippen molar-refractivity contribution in [2.24, 2.45) is 0 Å². The minimum Gasteiger partial charge on any atom is -0.366 e. The summed E-state index contributed by atoms with van der Waals surface area (Å²) in [6, 6.07) is 3.71. The van der Waals surface area contributed by atoms with Gasteiger partial charge in [0.1, 0.15) is 0 Å². The van der Waals surface area contributed by atoms with Crippen LogP contribution in [0.4, 0.5) is 5.95 Å². The molecule has 0 aliphatic carbocycles. The molecule has 1 fully saturated rings. The molecule has 0 bridgehead atoms. The van der Waals surface area contributed by atoms with Gasteiger partial charge in [0.2, 0.25) is 11.9 Å². The number of hydrogen-bond donors (Lipinski definition) is 1. The van der Waals surface area contributed by atoms with Gasteiger partial charge >= 0.3 is 0 Å². The van der Waals surface area contributed by atoms with Gasteiger partial charge < -0.3 is 15.5 Å². The van der Waals surface area contributed by atoms with Crippen LogP contribution in [0.25, 0.3) is 5.78 Å². The number of aromatic nitrogens is 4. The van der Waals surface area contributed by atoms with E-state index in [1.807, 2.05) is 41.2 Å². The van der Waals surface area contributed by atoms with Crippen LogP contribution in [-0.4, -0.2) is 67.4 Å². The first-order chi connectivity index (χ1) is 13.9. The van der Waals surface area contributed by atoms with Gasteiger partial charge in [-0.05, 0) is 37.3 Å². The van der Waals surface area contributed by atoms with Gasteiger partial charge in [-0.1, -0.05) is 6.07 Å². The summed E-state index contributed by atoms with van der Waals surface area (Å²) in [6.07, 6.45) is 0.964.